The molecule has 1 heterocycles. The molecule has 0 aromatic heterocycles. The molecule has 0 spiro atoms. The summed E-state index contributed by atoms with van der Waals surface area (Å²) in [6.07, 6.45) is 2.98. The van der Waals surface area contributed by atoms with E-state index in [1.165, 1.54) is 11.0 Å². The molecule has 2 rings (SSSR count). The van der Waals surface area contributed by atoms with Crippen molar-refractivity contribution in [2.24, 2.45) is 0 Å². The first-order valence-corrected chi connectivity index (χ1v) is 7.67. The second kappa shape index (κ2) is 8.35. The van der Waals surface area contributed by atoms with Crippen molar-refractivity contribution < 1.29 is 28.9 Å². The summed E-state index contributed by atoms with van der Waals surface area (Å²) in [5.74, 6) is -0.233. The number of nitrogens with zero attached hydrogens (tertiary/aromatic N) is 1. The maximum absolute atomic E-state index is 12.3. The van der Waals surface area contributed by atoms with Gasteiger partial charge in [0, 0.05) is 12.6 Å². The van der Waals surface area contributed by atoms with Crippen LogP contribution in [0.2, 0.25) is 0 Å². The second-order valence-electron chi connectivity index (χ2n) is 5.14. The van der Waals surface area contributed by atoms with Crippen LogP contribution >= 0.6 is 0 Å². The highest BCUT2D eigenvalue weighted by molar-refractivity contribution is 5.94. The first-order chi connectivity index (χ1) is 11.6. The van der Waals surface area contributed by atoms with Crippen LogP contribution in [0.25, 0.3) is 6.08 Å². The van der Waals surface area contributed by atoms with Gasteiger partial charge in [0.1, 0.15) is 0 Å². The lowest BCUT2D eigenvalue weighted by atomic mass is 10.1. The maximum Gasteiger partial charge on any atom is 0.328 e. The van der Waals surface area contributed by atoms with Crippen molar-refractivity contribution >= 4 is 18.0 Å². The molecule has 0 saturated carbocycles. The van der Waals surface area contributed by atoms with Gasteiger partial charge in [-0.25, -0.2) is 4.79 Å². The number of aliphatic carboxylic acids is 1. The predicted molar refractivity (Wildman–Crippen MR) is 87.2 cm³/mol. The molecule has 1 atom stereocenters. The van der Waals surface area contributed by atoms with Gasteiger partial charge >= 0.3 is 5.97 Å². The highest BCUT2D eigenvalue weighted by atomic mass is 16.5. The van der Waals surface area contributed by atoms with Crippen LogP contribution in [0.15, 0.2) is 24.3 Å². The molecule has 1 aromatic rings. The monoisotopic (exact) mass is 335 g/mol. The smallest absolute Gasteiger partial charge is 0.328 e. The molecule has 1 fully saturated rings. The zero-order chi connectivity index (χ0) is 17.5. The van der Waals surface area contributed by atoms with Gasteiger partial charge in [0.05, 0.1) is 26.9 Å². The van der Waals surface area contributed by atoms with E-state index in [0.29, 0.717) is 24.7 Å². The molecule has 130 valence electrons. The van der Waals surface area contributed by atoms with Gasteiger partial charge in [0.2, 0.25) is 5.91 Å². The Kier molecular flexibility index (Phi) is 6.20. The number of hydrogen-bond acceptors (Lipinski definition) is 5. The van der Waals surface area contributed by atoms with Crippen molar-refractivity contribution in [2.75, 3.05) is 33.5 Å². The minimum atomic E-state index is -1.07. The number of benzene rings is 1. The highest BCUT2D eigenvalue weighted by Gasteiger charge is 2.31. The Morgan fingerprint density at radius 2 is 2.21 bits per heavy atom. The molecule has 7 heteroatoms. The van der Waals surface area contributed by atoms with Gasteiger partial charge in [-0.1, -0.05) is 6.07 Å². The first kappa shape index (κ1) is 17.8. The molecule has 1 aromatic carbocycles. The average Bonchev–Trinajstić information content (AvgIpc) is 2.60. The summed E-state index contributed by atoms with van der Waals surface area (Å²) in [6, 6.07) is 4.36. The summed E-state index contributed by atoms with van der Waals surface area (Å²) in [4.78, 5) is 24.8. The van der Waals surface area contributed by atoms with Gasteiger partial charge in [-0.15, -0.1) is 0 Å². The second-order valence-corrected chi connectivity index (χ2v) is 5.14. The number of carbonyl (C=O) groups is 2. The predicted octanol–water partition coefficient (Wildman–Crippen LogP) is 1.42. The van der Waals surface area contributed by atoms with E-state index in [0.717, 1.165) is 5.56 Å². The number of morpholine rings is 1. The van der Waals surface area contributed by atoms with E-state index in [-0.39, 0.29) is 19.1 Å². The third kappa shape index (κ3) is 4.26. The largest absolute Gasteiger partial charge is 0.493 e. The van der Waals surface area contributed by atoms with E-state index in [9.17, 15) is 9.59 Å². The number of amides is 1. The van der Waals surface area contributed by atoms with Gasteiger partial charge in [-0.05, 0) is 30.7 Å². The van der Waals surface area contributed by atoms with Crippen LogP contribution in [0.1, 0.15) is 12.5 Å². The summed E-state index contributed by atoms with van der Waals surface area (Å²) in [5.41, 5.74) is 0.757. The molecule has 1 amide bonds. The first-order valence-electron chi connectivity index (χ1n) is 7.67. The fraction of sp³-hybridized carbons (Fsp3) is 0.412. The fourth-order valence-corrected chi connectivity index (χ4v) is 2.40. The maximum atomic E-state index is 12.3. The van der Waals surface area contributed by atoms with Crippen molar-refractivity contribution in [3.8, 4) is 11.5 Å². The standard InChI is InChI=1S/C17H21NO6/c1-3-24-15-10-12(4-6-14(15)22-2)5-7-16(19)18-8-9-23-11-13(18)17(20)21/h4-7,10,13H,3,8-9,11H2,1-2H3,(H,20,21)/b7-5+. The summed E-state index contributed by atoms with van der Waals surface area (Å²) < 4.78 is 15.8. The summed E-state index contributed by atoms with van der Waals surface area (Å²) in [7, 11) is 1.56. The van der Waals surface area contributed by atoms with Crippen LogP contribution in [0.3, 0.4) is 0 Å². The highest BCUT2D eigenvalue weighted by Crippen LogP contribution is 2.28. The fourth-order valence-electron chi connectivity index (χ4n) is 2.40. The van der Waals surface area contributed by atoms with Gasteiger partial charge in [-0.3, -0.25) is 4.79 Å². The van der Waals surface area contributed by atoms with E-state index >= 15 is 0 Å². The molecule has 1 unspecified atom stereocenters. The van der Waals surface area contributed by atoms with Crippen molar-refractivity contribution in [1.82, 2.24) is 4.90 Å². The molecule has 1 N–H and O–H groups in total. The lowest BCUT2D eigenvalue weighted by Gasteiger charge is -2.32. The molecule has 1 aliphatic rings. The van der Waals surface area contributed by atoms with Crippen LogP contribution in [-0.4, -0.2) is 61.4 Å². The van der Waals surface area contributed by atoms with Crippen molar-refractivity contribution in [3.63, 3.8) is 0 Å². The number of ether oxygens (including phenoxy) is 3. The number of carboxylic acids is 1. The molecule has 0 bridgehead atoms. The zero-order valence-electron chi connectivity index (χ0n) is 13.7. The van der Waals surface area contributed by atoms with Crippen LogP contribution in [0.4, 0.5) is 0 Å². The Morgan fingerprint density at radius 1 is 1.42 bits per heavy atom. The van der Waals surface area contributed by atoms with E-state index in [4.69, 9.17) is 19.3 Å². The zero-order valence-corrected chi connectivity index (χ0v) is 13.7. The summed E-state index contributed by atoms with van der Waals surface area (Å²) in [6.45, 7) is 2.96. The van der Waals surface area contributed by atoms with Gasteiger partial charge in [-0.2, -0.15) is 0 Å². The molecule has 24 heavy (non-hydrogen) atoms. The minimum absolute atomic E-state index is 0.00589. The van der Waals surface area contributed by atoms with Gasteiger partial charge in [0.25, 0.3) is 0 Å². The molecular formula is C17H21NO6. The lowest BCUT2D eigenvalue weighted by Crippen LogP contribution is -2.52. The number of methoxy groups -OCH3 is 1. The Bertz CT molecular complexity index is 628. The third-order valence-electron chi connectivity index (χ3n) is 3.60. The summed E-state index contributed by atoms with van der Waals surface area (Å²) in [5, 5.41) is 9.17. The minimum Gasteiger partial charge on any atom is -0.493 e. The van der Waals surface area contributed by atoms with Crippen LogP contribution in [0.5, 0.6) is 11.5 Å². The average molecular weight is 335 g/mol. The Labute approximate surface area is 140 Å². The van der Waals surface area contributed by atoms with Crippen LogP contribution in [-0.2, 0) is 14.3 Å². The van der Waals surface area contributed by atoms with Crippen LogP contribution < -0.4 is 9.47 Å². The van der Waals surface area contributed by atoms with E-state index in [1.807, 2.05) is 6.92 Å². The molecule has 1 saturated heterocycles. The SMILES string of the molecule is CCOc1cc(/C=C/C(=O)N2CCOCC2C(=O)O)ccc1OC. The molecule has 0 aliphatic carbocycles. The third-order valence-corrected chi connectivity index (χ3v) is 3.60. The van der Waals surface area contributed by atoms with Gasteiger partial charge < -0.3 is 24.2 Å². The molecule has 7 nitrogen and oxygen atoms in total. The van der Waals surface area contributed by atoms with Gasteiger partial charge in [0.15, 0.2) is 17.5 Å². The van der Waals surface area contributed by atoms with Crippen LogP contribution in [0, 0.1) is 0 Å². The molecule has 0 radical (unpaired) electrons. The number of carbonyl (C=O) groups excluding carboxylic acids is 1. The van der Waals surface area contributed by atoms with Crippen molar-refractivity contribution in [2.45, 2.75) is 13.0 Å². The Morgan fingerprint density at radius 3 is 2.88 bits per heavy atom. The Balaban J connectivity index is 2.13. The van der Waals surface area contributed by atoms with E-state index < -0.39 is 12.0 Å². The topological polar surface area (TPSA) is 85.3 Å². The van der Waals surface area contributed by atoms with E-state index in [2.05, 4.69) is 0 Å². The quantitative estimate of drug-likeness (QED) is 0.792. The number of rotatable bonds is 6. The lowest BCUT2D eigenvalue weighted by molar-refractivity contribution is -0.156. The Hall–Kier alpha value is -2.54. The normalized spacial score (nSPS) is 17.8. The van der Waals surface area contributed by atoms with E-state index in [1.54, 1.807) is 31.4 Å². The van der Waals surface area contributed by atoms with Crippen molar-refractivity contribution in [1.29, 1.82) is 0 Å². The summed E-state index contributed by atoms with van der Waals surface area (Å²) >= 11 is 0. The number of carboxylic acid groups (broad SMARTS) is 1. The molecule has 1 aliphatic heterocycles. The molecular weight excluding hydrogens is 314 g/mol. The van der Waals surface area contributed by atoms with Crippen molar-refractivity contribution in [3.05, 3.63) is 29.8 Å². The number of hydrogen-bond donors (Lipinski definition) is 1.